The highest BCUT2D eigenvalue weighted by Gasteiger charge is 2.52. The largest absolute Gasteiger partial charge is 0.497 e. The number of nitrogens with one attached hydrogen (secondary N) is 1. The molecular weight excluding hydrogens is 450 g/mol. The highest BCUT2D eigenvalue weighted by molar-refractivity contribution is 7.98. The number of nitrogens with zero attached hydrogens (tertiary/aromatic N) is 2. The van der Waals surface area contributed by atoms with Gasteiger partial charge in [-0.1, -0.05) is 12.1 Å². The van der Waals surface area contributed by atoms with E-state index in [9.17, 15) is 14.4 Å². The molecule has 4 rings (SSSR count). The van der Waals surface area contributed by atoms with Gasteiger partial charge in [0.15, 0.2) is 0 Å². The number of methoxy groups -OCH3 is 1. The Hall–Kier alpha value is -3.00. The van der Waals surface area contributed by atoms with E-state index in [1.54, 1.807) is 18.9 Å². The van der Waals surface area contributed by atoms with Crippen LogP contribution in [0.1, 0.15) is 35.7 Å². The molecule has 2 aliphatic heterocycles. The van der Waals surface area contributed by atoms with Crippen molar-refractivity contribution in [2.45, 2.75) is 36.6 Å². The van der Waals surface area contributed by atoms with E-state index in [4.69, 9.17) is 4.74 Å². The maximum atomic E-state index is 13.3. The van der Waals surface area contributed by atoms with Crippen LogP contribution in [0.3, 0.4) is 0 Å². The number of ether oxygens (including phenoxy) is 1. The van der Waals surface area contributed by atoms with E-state index in [0.29, 0.717) is 44.5 Å². The van der Waals surface area contributed by atoms with Crippen LogP contribution in [-0.4, -0.2) is 66.2 Å². The van der Waals surface area contributed by atoms with Crippen molar-refractivity contribution >= 4 is 29.6 Å². The van der Waals surface area contributed by atoms with Gasteiger partial charge in [-0.2, -0.15) is 0 Å². The second-order valence-corrected chi connectivity index (χ2v) is 9.86. The van der Waals surface area contributed by atoms with Crippen molar-refractivity contribution in [3.05, 3.63) is 59.7 Å². The van der Waals surface area contributed by atoms with E-state index in [1.165, 1.54) is 4.90 Å². The lowest BCUT2D eigenvalue weighted by Gasteiger charge is -2.39. The highest BCUT2D eigenvalue weighted by atomic mass is 32.2. The van der Waals surface area contributed by atoms with Crippen LogP contribution in [-0.2, 0) is 11.2 Å². The van der Waals surface area contributed by atoms with E-state index in [1.807, 2.05) is 66.6 Å². The van der Waals surface area contributed by atoms with Gasteiger partial charge in [0, 0.05) is 30.1 Å². The molecule has 0 spiro atoms. The van der Waals surface area contributed by atoms with E-state index in [0.717, 1.165) is 16.2 Å². The molecule has 0 saturated carbocycles. The third-order valence-electron chi connectivity index (χ3n) is 7.02. The van der Waals surface area contributed by atoms with Crippen molar-refractivity contribution in [2.75, 3.05) is 33.0 Å². The molecule has 34 heavy (non-hydrogen) atoms. The summed E-state index contributed by atoms with van der Waals surface area (Å²) >= 11 is 1.64. The van der Waals surface area contributed by atoms with Crippen LogP contribution < -0.4 is 10.1 Å². The van der Waals surface area contributed by atoms with Crippen LogP contribution in [0.5, 0.6) is 5.75 Å². The standard InChI is InChI=1S/C26H31N3O4S/c1-26(20-13-15-28(16-14-20)23(30)19-6-10-22(34-3)11-7-19)24(31)29(25(32)27-26)17-12-18-4-8-21(33-2)9-5-18/h4-11,20H,12-17H2,1-3H3,(H,27,32). The number of hydrogen-bond acceptors (Lipinski definition) is 5. The molecule has 180 valence electrons. The van der Waals surface area contributed by atoms with Gasteiger partial charge >= 0.3 is 6.03 Å². The minimum absolute atomic E-state index is 0.0131. The molecule has 2 aromatic carbocycles. The zero-order valence-corrected chi connectivity index (χ0v) is 20.7. The van der Waals surface area contributed by atoms with E-state index in [-0.39, 0.29) is 23.8 Å². The quantitative estimate of drug-likeness (QED) is 0.480. The van der Waals surface area contributed by atoms with Gasteiger partial charge in [0.1, 0.15) is 11.3 Å². The molecule has 8 heteroatoms. The summed E-state index contributed by atoms with van der Waals surface area (Å²) in [5.74, 6) is 0.591. The zero-order valence-electron chi connectivity index (χ0n) is 19.9. The number of carbonyl (C=O) groups is 3. The lowest BCUT2D eigenvalue weighted by molar-refractivity contribution is -0.133. The normalized spacial score (nSPS) is 21.0. The van der Waals surface area contributed by atoms with Crippen LogP contribution in [0.25, 0.3) is 0 Å². The Labute approximate surface area is 204 Å². The molecular formula is C26H31N3O4S. The molecule has 0 aliphatic carbocycles. The van der Waals surface area contributed by atoms with Gasteiger partial charge in [0.25, 0.3) is 11.8 Å². The maximum Gasteiger partial charge on any atom is 0.325 e. The molecule has 1 atom stereocenters. The zero-order chi connectivity index (χ0) is 24.3. The number of carbonyl (C=O) groups excluding carboxylic acids is 3. The predicted octanol–water partition coefficient (Wildman–Crippen LogP) is 3.82. The van der Waals surface area contributed by atoms with Crippen molar-refractivity contribution in [1.29, 1.82) is 0 Å². The summed E-state index contributed by atoms with van der Waals surface area (Å²) in [4.78, 5) is 43.2. The summed E-state index contributed by atoms with van der Waals surface area (Å²) < 4.78 is 5.18. The van der Waals surface area contributed by atoms with E-state index < -0.39 is 5.54 Å². The number of thioether (sulfide) groups is 1. The first-order valence-electron chi connectivity index (χ1n) is 11.6. The van der Waals surface area contributed by atoms with Crippen molar-refractivity contribution in [3.63, 3.8) is 0 Å². The number of hydrogen-bond donors (Lipinski definition) is 1. The Morgan fingerprint density at radius 3 is 2.32 bits per heavy atom. The number of amides is 4. The third kappa shape index (κ3) is 4.78. The molecule has 2 fully saturated rings. The molecule has 2 aromatic rings. The van der Waals surface area contributed by atoms with Gasteiger partial charge in [-0.15, -0.1) is 11.8 Å². The van der Waals surface area contributed by atoms with Gasteiger partial charge in [0.05, 0.1) is 7.11 Å². The van der Waals surface area contributed by atoms with Crippen molar-refractivity contribution in [3.8, 4) is 5.75 Å². The molecule has 0 aromatic heterocycles. The van der Waals surface area contributed by atoms with Crippen molar-refractivity contribution < 1.29 is 19.1 Å². The monoisotopic (exact) mass is 481 g/mol. The summed E-state index contributed by atoms with van der Waals surface area (Å²) in [6, 6.07) is 14.9. The predicted molar refractivity (Wildman–Crippen MR) is 132 cm³/mol. The Kier molecular flexibility index (Phi) is 7.16. The fraction of sp³-hybridized carbons (Fsp3) is 0.423. The minimum Gasteiger partial charge on any atom is -0.497 e. The van der Waals surface area contributed by atoms with Crippen LogP contribution in [0.4, 0.5) is 4.79 Å². The summed E-state index contributed by atoms with van der Waals surface area (Å²) in [5.41, 5.74) is 0.774. The molecule has 2 saturated heterocycles. The smallest absolute Gasteiger partial charge is 0.325 e. The topological polar surface area (TPSA) is 79.0 Å². The average molecular weight is 482 g/mol. The summed E-state index contributed by atoms with van der Waals surface area (Å²) in [6.07, 6.45) is 3.93. The van der Waals surface area contributed by atoms with Crippen LogP contribution in [0.2, 0.25) is 0 Å². The Bertz CT molecular complexity index is 1050. The van der Waals surface area contributed by atoms with Crippen LogP contribution in [0.15, 0.2) is 53.4 Å². The minimum atomic E-state index is -0.938. The number of imide groups is 1. The lowest BCUT2D eigenvalue weighted by atomic mass is 9.78. The fourth-order valence-electron chi connectivity index (χ4n) is 4.80. The molecule has 0 bridgehead atoms. The molecule has 2 heterocycles. The first kappa shape index (κ1) is 24.1. The Morgan fingerprint density at radius 1 is 1.09 bits per heavy atom. The first-order valence-corrected chi connectivity index (χ1v) is 12.8. The summed E-state index contributed by atoms with van der Waals surface area (Å²) in [7, 11) is 1.62. The van der Waals surface area contributed by atoms with Gasteiger partial charge in [-0.25, -0.2) is 4.79 Å². The van der Waals surface area contributed by atoms with Crippen LogP contribution >= 0.6 is 11.8 Å². The summed E-state index contributed by atoms with van der Waals surface area (Å²) in [6.45, 7) is 3.29. The number of likely N-dealkylation sites (tertiary alicyclic amines) is 1. The van der Waals surface area contributed by atoms with Crippen molar-refractivity contribution in [1.82, 2.24) is 15.1 Å². The van der Waals surface area contributed by atoms with E-state index in [2.05, 4.69) is 5.32 Å². The molecule has 1 unspecified atom stereocenters. The molecule has 2 aliphatic rings. The van der Waals surface area contributed by atoms with Crippen molar-refractivity contribution in [2.24, 2.45) is 5.92 Å². The average Bonchev–Trinajstić information content (AvgIpc) is 3.10. The van der Waals surface area contributed by atoms with E-state index >= 15 is 0 Å². The fourth-order valence-corrected chi connectivity index (χ4v) is 5.21. The third-order valence-corrected chi connectivity index (χ3v) is 7.76. The summed E-state index contributed by atoms with van der Waals surface area (Å²) in [5, 5.41) is 2.95. The molecule has 1 N–H and O–H groups in total. The lowest BCUT2D eigenvalue weighted by Crippen LogP contribution is -2.54. The van der Waals surface area contributed by atoms with Gasteiger partial charge in [0.2, 0.25) is 0 Å². The number of urea groups is 1. The number of benzene rings is 2. The van der Waals surface area contributed by atoms with Crippen LogP contribution in [0, 0.1) is 5.92 Å². The SMILES string of the molecule is COc1ccc(CCN2C(=O)NC(C)(C3CCN(C(=O)c4ccc(SC)cc4)CC3)C2=O)cc1. The Morgan fingerprint density at radius 2 is 1.74 bits per heavy atom. The Balaban J connectivity index is 1.35. The number of piperidine rings is 1. The second kappa shape index (κ2) is 10.1. The van der Waals surface area contributed by atoms with Gasteiger partial charge in [-0.05, 0) is 80.3 Å². The molecule has 7 nitrogen and oxygen atoms in total. The molecule has 0 radical (unpaired) electrons. The number of rotatable bonds is 7. The van der Waals surface area contributed by atoms with Gasteiger partial charge in [-0.3, -0.25) is 14.5 Å². The highest BCUT2D eigenvalue weighted by Crippen LogP contribution is 2.34. The molecule has 4 amide bonds. The first-order chi connectivity index (χ1) is 16.4. The maximum absolute atomic E-state index is 13.3. The second-order valence-electron chi connectivity index (χ2n) is 8.98. The van der Waals surface area contributed by atoms with Gasteiger partial charge < -0.3 is 15.0 Å².